The van der Waals surface area contributed by atoms with E-state index in [0.717, 1.165) is 0 Å². The molecule has 1 aromatic carbocycles. The number of ether oxygens (including phenoxy) is 1. The van der Waals surface area contributed by atoms with Crippen molar-refractivity contribution in [2.75, 3.05) is 13.2 Å². The lowest BCUT2D eigenvalue weighted by molar-refractivity contribution is -0.384. The molecule has 0 aliphatic heterocycles. The Kier molecular flexibility index (Phi) is 7.92. The van der Waals surface area contributed by atoms with E-state index in [1.165, 1.54) is 24.3 Å². The van der Waals surface area contributed by atoms with Crippen molar-refractivity contribution < 1.29 is 38.6 Å². The summed E-state index contributed by atoms with van der Waals surface area (Å²) in [5.41, 5.74) is 0.320. The first-order chi connectivity index (χ1) is 11.3. The highest BCUT2D eigenvalue weighted by Gasteiger charge is 2.32. The Morgan fingerprint density at radius 3 is 2.58 bits per heavy atom. The first kappa shape index (κ1) is 20.2. The standard InChI is InChI=1S/C12H17N2O9P/c1-2-21-11(15)7-13-12(16)24(19,20)23-22-8-9-3-5-10(6-4-9)14(17)18/h3-6,12-13,16H,2,7-8H2,1H3,(H,19,20). The summed E-state index contributed by atoms with van der Waals surface area (Å²) in [7, 11) is -4.61. The molecule has 134 valence electrons. The second-order valence-electron chi connectivity index (χ2n) is 4.38. The van der Waals surface area contributed by atoms with Crippen molar-refractivity contribution in [2.45, 2.75) is 19.5 Å². The lowest BCUT2D eigenvalue weighted by Crippen LogP contribution is -2.34. The number of non-ortho nitro benzene ring substituents is 1. The highest BCUT2D eigenvalue weighted by atomic mass is 31.2. The van der Waals surface area contributed by atoms with Crippen molar-refractivity contribution in [3.05, 3.63) is 39.9 Å². The Balaban J connectivity index is 2.42. The minimum Gasteiger partial charge on any atom is -0.465 e. The Hall–Kier alpha value is -1.88. The molecule has 0 aliphatic rings. The fourth-order valence-electron chi connectivity index (χ4n) is 1.43. The van der Waals surface area contributed by atoms with Crippen LogP contribution >= 0.6 is 7.60 Å². The molecule has 0 radical (unpaired) electrons. The number of nitro benzene ring substituents is 1. The maximum absolute atomic E-state index is 11.7. The average molecular weight is 364 g/mol. The van der Waals surface area contributed by atoms with Gasteiger partial charge in [-0.1, -0.05) is 0 Å². The number of esters is 1. The van der Waals surface area contributed by atoms with Crippen LogP contribution in [0.1, 0.15) is 12.5 Å². The van der Waals surface area contributed by atoms with Crippen molar-refractivity contribution in [2.24, 2.45) is 0 Å². The molecule has 2 unspecified atom stereocenters. The Morgan fingerprint density at radius 2 is 2.04 bits per heavy atom. The molecule has 2 atom stereocenters. The Bertz CT molecular complexity index is 607. The summed E-state index contributed by atoms with van der Waals surface area (Å²) in [6.07, 6.45) is 0. The number of rotatable bonds is 10. The fourth-order valence-corrected chi connectivity index (χ4v) is 2.03. The van der Waals surface area contributed by atoms with E-state index in [1.54, 1.807) is 6.92 Å². The van der Waals surface area contributed by atoms with Gasteiger partial charge in [0.2, 0.25) is 5.97 Å². The maximum atomic E-state index is 11.7. The van der Waals surface area contributed by atoms with Gasteiger partial charge in [-0.2, -0.15) is 0 Å². The fraction of sp³-hybridized carbons (Fsp3) is 0.417. The summed E-state index contributed by atoms with van der Waals surface area (Å²) in [5.74, 6) is -2.78. The van der Waals surface area contributed by atoms with Crippen LogP contribution in [0.2, 0.25) is 0 Å². The third-order valence-electron chi connectivity index (χ3n) is 2.58. The molecule has 0 aromatic heterocycles. The number of nitro groups is 1. The Labute approximate surface area is 136 Å². The van der Waals surface area contributed by atoms with E-state index in [-0.39, 0.29) is 18.9 Å². The second kappa shape index (κ2) is 9.42. The van der Waals surface area contributed by atoms with E-state index in [0.29, 0.717) is 5.56 Å². The molecule has 1 aromatic rings. The van der Waals surface area contributed by atoms with Gasteiger partial charge in [0.1, 0.15) is 6.61 Å². The van der Waals surface area contributed by atoms with Gasteiger partial charge in [0.05, 0.1) is 18.1 Å². The van der Waals surface area contributed by atoms with Crippen LogP contribution in [0.15, 0.2) is 24.3 Å². The molecule has 0 saturated heterocycles. The molecule has 0 saturated carbocycles. The first-order valence-electron chi connectivity index (χ1n) is 6.70. The summed E-state index contributed by atoms with van der Waals surface area (Å²) in [6, 6.07) is 5.21. The smallest absolute Gasteiger partial charge is 0.397 e. The predicted octanol–water partition coefficient (Wildman–Crippen LogP) is 0.657. The Morgan fingerprint density at radius 1 is 1.42 bits per heavy atom. The van der Waals surface area contributed by atoms with E-state index < -0.39 is 31.0 Å². The third-order valence-corrected chi connectivity index (χ3v) is 3.70. The van der Waals surface area contributed by atoms with Gasteiger partial charge in [-0.25, -0.2) is 4.89 Å². The van der Waals surface area contributed by atoms with Crippen LogP contribution in [-0.4, -0.2) is 40.0 Å². The van der Waals surface area contributed by atoms with Crippen molar-refractivity contribution >= 4 is 19.3 Å². The predicted molar refractivity (Wildman–Crippen MR) is 79.4 cm³/mol. The van der Waals surface area contributed by atoms with E-state index in [2.05, 4.69) is 19.6 Å². The largest absolute Gasteiger partial charge is 0.465 e. The number of carbonyl (C=O) groups excluding carboxylic acids is 1. The van der Waals surface area contributed by atoms with E-state index in [1.807, 2.05) is 0 Å². The number of benzene rings is 1. The van der Waals surface area contributed by atoms with Gasteiger partial charge in [-0.15, -0.1) is 4.67 Å². The van der Waals surface area contributed by atoms with Crippen LogP contribution in [0.5, 0.6) is 0 Å². The number of hydrogen-bond donors (Lipinski definition) is 3. The third kappa shape index (κ3) is 6.71. The molecule has 1 rings (SSSR count). The SMILES string of the molecule is CCOC(=O)CNC(O)P(=O)(O)OOCc1ccc([N+](=O)[O-])cc1. The van der Waals surface area contributed by atoms with Crippen molar-refractivity contribution in [3.63, 3.8) is 0 Å². The molecule has 11 nitrogen and oxygen atoms in total. The molecule has 0 amide bonds. The summed E-state index contributed by atoms with van der Waals surface area (Å²) >= 11 is 0. The average Bonchev–Trinajstić information content (AvgIpc) is 2.53. The van der Waals surface area contributed by atoms with Crippen LogP contribution in [0.3, 0.4) is 0 Å². The zero-order valence-electron chi connectivity index (χ0n) is 12.7. The number of hydrogen-bond acceptors (Lipinski definition) is 9. The molecule has 0 heterocycles. The van der Waals surface area contributed by atoms with Crippen LogP contribution in [0.4, 0.5) is 5.69 Å². The van der Waals surface area contributed by atoms with Gasteiger partial charge in [0, 0.05) is 12.1 Å². The van der Waals surface area contributed by atoms with E-state index in [9.17, 15) is 29.5 Å². The van der Waals surface area contributed by atoms with Crippen molar-refractivity contribution in [3.8, 4) is 0 Å². The van der Waals surface area contributed by atoms with Gasteiger partial charge in [-0.3, -0.25) is 24.8 Å². The molecule has 0 spiro atoms. The monoisotopic (exact) mass is 364 g/mol. The summed E-state index contributed by atoms with van der Waals surface area (Å²) in [5, 5.41) is 22.0. The second-order valence-corrected chi connectivity index (χ2v) is 6.15. The van der Waals surface area contributed by atoms with Crippen LogP contribution in [0, 0.1) is 10.1 Å². The molecule has 3 N–H and O–H groups in total. The maximum Gasteiger partial charge on any atom is 0.397 e. The van der Waals surface area contributed by atoms with Gasteiger partial charge in [-0.05, 0) is 24.6 Å². The minimum absolute atomic E-state index is 0.119. The molecule has 0 bridgehead atoms. The minimum atomic E-state index is -4.61. The molecular formula is C12H17N2O9P. The van der Waals surface area contributed by atoms with Gasteiger partial charge in [0.25, 0.3) is 5.69 Å². The molecule has 0 fully saturated rings. The number of aliphatic hydroxyl groups is 1. The van der Waals surface area contributed by atoms with Gasteiger partial charge in [0.15, 0.2) is 0 Å². The quantitative estimate of drug-likeness (QED) is 0.134. The van der Waals surface area contributed by atoms with Gasteiger partial charge >= 0.3 is 13.6 Å². The lowest BCUT2D eigenvalue weighted by atomic mass is 10.2. The van der Waals surface area contributed by atoms with Gasteiger partial charge < -0.3 is 14.7 Å². The highest BCUT2D eigenvalue weighted by Crippen LogP contribution is 2.45. The zero-order chi connectivity index (χ0) is 18.2. The number of aliphatic hydroxyl groups excluding tert-OH is 1. The summed E-state index contributed by atoms with van der Waals surface area (Å²) < 4.78 is 20.5. The van der Waals surface area contributed by atoms with Crippen LogP contribution in [-0.2, 0) is 30.3 Å². The lowest BCUT2D eigenvalue weighted by Gasteiger charge is -2.17. The van der Waals surface area contributed by atoms with Crippen LogP contribution in [0.25, 0.3) is 0 Å². The molecule has 0 aliphatic carbocycles. The first-order valence-corrected chi connectivity index (χ1v) is 8.35. The normalized spacial score (nSPS) is 14.6. The van der Waals surface area contributed by atoms with E-state index in [4.69, 9.17) is 0 Å². The molecule has 24 heavy (non-hydrogen) atoms. The topological polar surface area (TPSA) is 157 Å². The number of carbonyl (C=O) groups is 1. The van der Waals surface area contributed by atoms with Crippen molar-refractivity contribution in [1.29, 1.82) is 0 Å². The summed E-state index contributed by atoms with van der Waals surface area (Å²) in [4.78, 5) is 35.0. The highest BCUT2D eigenvalue weighted by molar-refractivity contribution is 7.53. The van der Waals surface area contributed by atoms with E-state index >= 15 is 0 Å². The summed E-state index contributed by atoms with van der Waals surface area (Å²) in [6.45, 7) is 0.932. The van der Waals surface area contributed by atoms with Crippen molar-refractivity contribution in [1.82, 2.24) is 5.32 Å². The molecular weight excluding hydrogens is 347 g/mol. The zero-order valence-corrected chi connectivity index (χ0v) is 13.5. The van der Waals surface area contributed by atoms with Crippen LogP contribution < -0.4 is 5.32 Å². The number of nitrogens with one attached hydrogen (secondary N) is 1. The number of nitrogens with zero attached hydrogens (tertiary/aromatic N) is 1. The molecule has 12 heteroatoms.